The number of carbonyl (C=O) groups excluding carboxylic acids is 1. The van der Waals surface area contributed by atoms with Crippen molar-refractivity contribution in [3.8, 4) is 0 Å². The Morgan fingerprint density at radius 3 is 2.53 bits per heavy atom. The van der Waals surface area contributed by atoms with Gasteiger partial charge < -0.3 is 4.74 Å². The van der Waals surface area contributed by atoms with Gasteiger partial charge in [0.2, 0.25) is 0 Å². The van der Waals surface area contributed by atoms with E-state index in [1.165, 1.54) is 0 Å². The van der Waals surface area contributed by atoms with Crippen LogP contribution in [0.4, 0.5) is 0 Å². The SMILES string of the molecule is CCC/C=C(\C)C(=O)OC(C)CCCC. The topological polar surface area (TPSA) is 26.3 Å². The third-order valence-corrected chi connectivity index (χ3v) is 2.33. The van der Waals surface area contributed by atoms with Crippen LogP contribution < -0.4 is 0 Å². The predicted octanol–water partition coefficient (Wildman–Crippen LogP) is 3.85. The molecule has 0 N–H and O–H groups in total. The van der Waals surface area contributed by atoms with E-state index in [9.17, 15) is 4.79 Å². The molecule has 0 aromatic heterocycles. The van der Waals surface area contributed by atoms with Gasteiger partial charge in [0.15, 0.2) is 0 Å². The van der Waals surface area contributed by atoms with Crippen molar-refractivity contribution in [2.75, 3.05) is 0 Å². The highest BCUT2D eigenvalue weighted by Gasteiger charge is 2.10. The minimum Gasteiger partial charge on any atom is -0.459 e. The van der Waals surface area contributed by atoms with E-state index in [2.05, 4.69) is 13.8 Å². The molecule has 15 heavy (non-hydrogen) atoms. The predicted molar refractivity (Wildman–Crippen MR) is 63.7 cm³/mol. The van der Waals surface area contributed by atoms with Crippen LogP contribution in [0.2, 0.25) is 0 Å². The number of unbranched alkanes of at least 4 members (excludes halogenated alkanes) is 2. The first kappa shape index (κ1) is 14.2. The molecule has 0 rings (SSSR count). The monoisotopic (exact) mass is 212 g/mol. The molecule has 0 saturated carbocycles. The molecule has 1 atom stereocenters. The fourth-order valence-corrected chi connectivity index (χ4v) is 1.27. The first-order chi connectivity index (χ1) is 7.11. The summed E-state index contributed by atoms with van der Waals surface area (Å²) in [6.45, 7) is 8.02. The lowest BCUT2D eigenvalue weighted by Crippen LogP contribution is -2.15. The van der Waals surface area contributed by atoms with Crippen molar-refractivity contribution >= 4 is 5.97 Å². The highest BCUT2D eigenvalue weighted by Crippen LogP contribution is 2.08. The standard InChI is InChI=1S/C13H24O2/c1-5-7-9-11(3)13(14)15-12(4)10-8-6-2/h9,12H,5-8,10H2,1-4H3/b11-9+. The van der Waals surface area contributed by atoms with Gasteiger partial charge in [-0.3, -0.25) is 0 Å². The molecule has 0 spiro atoms. The summed E-state index contributed by atoms with van der Waals surface area (Å²) in [6, 6.07) is 0. The summed E-state index contributed by atoms with van der Waals surface area (Å²) in [5.41, 5.74) is 0.736. The van der Waals surface area contributed by atoms with E-state index < -0.39 is 0 Å². The number of esters is 1. The van der Waals surface area contributed by atoms with Crippen LogP contribution in [0.1, 0.15) is 59.8 Å². The zero-order valence-corrected chi connectivity index (χ0v) is 10.5. The normalized spacial score (nSPS) is 13.7. The minimum atomic E-state index is -0.160. The molecule has 2 heteroatoms. The second-order valence-electron chi connectivity index (χ2n) is 4.03. The van der Waals surface area contributed by atoms with E-state index in [0.29, 0.717) is 0 Å². The Labute approximate surface area is 93.7 Å². The number of hydrogen-bond acceptors (Lipinski definition) is 2. The van der Waals surface area contributed by atoms with Crippen LogP contribution in [0, 0.1) is 0 Å². The van der Waals surface area contributed by atoms with Crippen molar-refractivity contribution in [3.05, 3.63) is 11.6 Å². The molecule has 0 radical (unpaired) electrons. The highest BCUT2D eigenvalue weighted by molar-refractivity contribution is 5.87. The van der Waals surface area contributed by atoms with E-state index in [4.69, 9.17) is 4.74 Å². The maximum atomic E-state index is 11.5. The molecule has 2 nitrogen and oxygen atoms in total. The summed E-state index contributed by atoms with van der Waals surface area (Å²) in [5, 5.41) is 0. The first-order valence-electron chi connectivity index (χ1n) is 5.99. The van der Waals surface area contributed by atoms with Crippen molar-refractivity contribution in [3.63, 3.8) is 0 Å². The van der Waals surface area contributed by atoms with Gasteiger partial charge in [0.25, 0.3) is 0 Å². The summed E-state index contributed by atoms with van der Waals surface area (Å²) in [6.07, 6.45) is 7.24. The molecule has 0 aliphatic carbocycles. The fourth-order valence-electron chi connectivity index (χ4n) is 1.27. The van der Waals surface area contributed by atoms with Gasteiger partial charge in [-0.25, -0.2) is 4.79 Å². The molecule has 88 valence electrons. The van der Waals surface area contributed by atoms with Gasteiger partial charge in [0.1, 0.15) is 0 Å². The van der Waals surface area contributed by atoms with Crippen molar-refractivity contribution in [1.29, 1.82) is 0 Å². The molecule has 0 aromatic carbocycles. The molecular formula is C13H24O2. The Morgan fingerprint density at radius 2 is 2.00 bits per heavy atom. The molecule has 0 aliphatic heterocycles. The van der Waals surface area contributed by atoms with Crippen molar-refractivity contribution in [2.45, 2.75) is 65.9 Å². The van der Waals surface area contributed by atoms with Gasteiger partial charge in [-0.1, -0.05) is 39.2 Å². The summed E-state index contributed by atoms with van der Waals surface area (Å²) < 4.78 is 5.30. The van der Waals surface area contributed by atoms with Crippen LogP contribution in [-0.2, 0) is 9.53 Å². The van der Waals surface area contributed by atoms with Gasteiger partial charge in [-0.05, 0) is 26.7 Å². The van der Waals surface area contributed by atoms with Crippen molar-refractivity contribution in [2.24, 2.45) is 0 Å². The quantitative estimate of drug-likeness (QED) is 0.473. The Balaban J connectivity index is 3.90. The van der Waals surface area contributed by atoms with Crippen molar-refractivity contribution < 1.29 is 9.53 Å². The third kappa shape index (κ3) is 7.18. The fraction of sp³-hybridized carbons (Fsp3) is 0.769. The second kappa shape index (κ2) is 8.51. The van der Waals surface area contributed by atoms with Gasteiger partial charge in [0, 0.05) is 5.57 Å². The lowest BCUT2D eigenvalue weighted by atomic mass is 10.2. The molecule has 0 heterocycles. The van der Waals surface area contributed by atoms with Gasteiger partial charge >= 0.3 is 5.97 Å². The number of allylic oxidation sites excluding steroid dienone is 1. The summed E-state index contributed by atoms with van der Waals surface area (Å²) >= 11 is 0. The maximum absolute atomic E-state index is 11.5. The second-order valence-corrected chi connectivity index (χ2v) is 4.03. The van der Waals surface area contributed by atoms with Crippen LogP contribution in [0.15, 0.2) is 11.6 Å². The van der Waals surface area contributed by atoms with Crippen LogP contribution in [0.5, 0.6) is 0 Å². The van der Waals surface area contributed by atoms with E-state index in [0.717, 1.165) is 37.7 Å². The zero-order valence-electron chi connectivity index (χ0n) is 10.5. The summed E-state index contributed by atoms with van der Waals surface area (Å²) in [5.74, 6) is -0.160. The summed E-state index contributed by atoms with van der Waals surface area (Å²) in [4.78, 5) is 11.5. The number of carbonyl (C=O) groups is 1. The number of rotatable bonds is 7. The van der Waals surface area contributed by atoms with Crippen molar-refractivity contribution in [1.82, 2.24) is 0 Å². The molecule has 0 aromatic rings. The number of hydrogen-bond donors (Lipinski definition) is 0. The van der Waals surface area contributed by atoms with E-state index in [-0.39, 0.29) is 12.1 Å². The molecule has 0 amide bonds. The largest absolute Gasteiger partial charge is 0.459 e. The van der Waals surface area contributed by atoms with Gasteiger partial charge in [0.05, 0.1) is 6.10 Å². The van der Waals surface area contributed by atoms with Gasteiger partial charge in [-0.2, -0.15) is 0 Å². The Bertz CT molecular complexity index is 207. The maximum Gasteiger partial charge on any atom is 0.333 e. The average Bonchev–Trinajstić information content (AvgIpc) is 2.22. The molecule has 0 fully saturated rings. The smallest absolute Gasteiger partial charge is 0.333 e. The highest BCUT2D eigenvalue weighted by atomic mass is 16.5. The van der Waals surface area contributed by atoms with Gasteiger partial charge in [-0.15, -0.1) is 0 Å². The molecule has 1 unspecified atom stereocenters. The lowest BCUT2D eigenvalue weighted by Gasteiger charge is -2.12. The minimum absolute atomic E-state index is 0.0439. The van der Waals surface area contributed by atoms with Crippen LogP contribution in [0.25, 0.3) is 0 Å². The molecular weight excluding hydrogens is 188 g/mol. The van der Waals surface area contributed by atoms with E-state index >= 15 is 0 Å². The zero-order chi connectivity index (χ0) is 11.7. The first-order valence-corrected chi connectivity index (χ1v) is 5.99. The molecule has 0 saturated heterocycles. The van der Waals surface area contributed by atoms with E-state index in [1.807, 2.05) is 19.9 Å². The number of ether oxygens (including phenoxy) is 1. The average molecular weight is 212 g/mol. The Morgan fingerprint density at radius 1 is 1.33 bits per heavy atom. The van der Waals surface area contributed by atoms with Crippen LogP contribution in [0.3, 0.4) is 0 Å². The lowest BCUT2D eigenvalue weighted by molar-refractivity contribution is -0.143. The summed E-state index contributed by atoms with van der Waals surface area (Å²) in [7, 11) is 0. The third-order valence-electron chi connectivity index (χ3n) is 2.33. The van der Waals surface area contributed by atoms with E-state index in [1.54, 1.807) is 0 Å². The molecule has 0 aliphatic rings. The Hall–Kier alpha value is -0.790. The Kier molecular flexibility index (Phi) is 8.06. The van der Waals surface area contributed by atoms with Crippen LogP contribution in [-0.4, -0.2) is 12.1 Å². The van der Waals surface area contributed by atoms with Crippen LogP contribution >= 0.6 is 0 Å². The molecule has 0 bridgehead atoms.